The normalized spacial score (nSPS) is 10.1. The number of hydrogen-bond acceptors (Lipinski definition) is 3. The van der Waals surface area contributed by atoms with Crippen molar-refractivity contribution in [3.63, 3.8) is 0 Å². The molecule has 0 bridgehead atoms. The Balaban J connectivity index is 1.57. The fourth-order valence-corrected chi connectivity index (χ4v) is 2.62. The monoisotopic (exact) mass is 379 g/mol. The number of amides is 2. The molecule has 0 unspecified atom stereocenters. The molecule has 3 aromatic carbocycles. The molecule has 0 radical (unpaired) electrons. The maximum absolute atomic E-state index is 12.2. The van der Waals surface area contributed by atoms with Crippen LogP contribution in [0.15, 0.2) is 78.9 Å². The smallest absolute Gasteiger partial charge is 0.255 e. The molecule has 0 saturated heterocycles. The number of benzene rings is 3. The lowest BCUT2D eigenvalue weighted by Gasteiger charge is -2.11. The van der Waals surface area contributed by atoms with Crippen molar-refractivity contribution in [1.82, 2.24) is 0 Å². The van der Waals surface area contributed by atoms with E-state index in [1.54, 1.807) is 54.6 Å². The van der Waals surface area contributed by atoms with Gasteiger partial charge in [-0.25, -0.2) is 0 Å². The summed E-state index contributed by atoms with van der Waals surface area (Å²) in [6.07, 6.45) is 0. The molecule has 27 heavy (non-hydrogen) atoms. The Hall–Kier alpha value is -3.31. The molecule has 0 saturated carbocycles. The van der Waals surface area contributed by atoms with E-state index < -0.39 is 0 Å². The number of nitrogens with one attached hydrogen (secondary N) is 3. The summed E-state index contributed by atoms with van der Waals surface area (Å²) in [4.78, 5) is 24.3. The van der Waals surface area contributed by atoms with E-state index in [2.05, 4.69) is 16.0 Å². The number of halogens is 1. The molecule has 3 N–H and O–H groups in total. The highest BCUT2D eigenvalue weighted by Crippen LogP contribution is 2.20. The first kappa shape index (κ1) is 18.5. The fourth-order valence-electron chi connectivity index (χ4n) is 2.44. The Morgan fingerprint density at radius 1 is 0.778 bits per heavy atom. The van der Waals surface area contributed by atoms with Gasteiger partial charge in [-0.3, -0.25) is 9.59 Å². The fraction of sp³-hybridized carbons (Fsp3) is 0.0476. The van der Waals surface area contributed by atoms with E-state index >= 15 is 0 Å². The zero-order valence-electron chi connectivity index (χ0n) is 14.4. The molecule has 6 heteroatoms. The molecule has 0 heterocycles. The van der Waals surface area contributed by atoms with Gasteiger partial charge in [-0.1, -0.05) is 48.0 Å². The summed E-state index contributed by atoms with van der Waals surface area (Å²) in [6, 6.07) is 23.2. The SMILES string of the molecule is O=C(CNc1cccc(NC(=O)c2ccccc2)c1)Nc1ccccc1Cl. The maximum atomic E-state index is 12.2. The largest absolute Gasteiger partial charge is 0.376 e. The molecule has 3 aromatic rings. The number of carbonyl (C=O) groups is 2. The zero-order chi connectivity index (χ0) is 19.1. The standard InChI is InChI=1S/C21H18ClN3O2/c22-18-11-4-5-12-19(18)25-20(26)14-23-16-9-6-10-17(13-16)24-21(27)15-7-2-1-3-8-15/h1-13,23H,14H2,(H,24,27)(H,25,26). The van der Waals surface area contributed by atoms with E-state index in [0.717, 1.165) is 5.69 Å². The van der Waals surface area contributed by atoms with Crippen molar-refractivity contribution < 1.29 is 9.59 Å². The summed E-state index contributed by atoms with van der Waals surface area (Å²) < 4.78 is 0. The van der Waals surface area contributed by atoms with Gasteiger partial charge in [-0.15, -0.1) is 0 Å². The third-order valence-electron chi connectivity index (χ3n) is 3.76. The molecular weight excluding hydrogens is 362 g/mol. The predicted octanol–water partition coefficient (Wildman–Crippen LogP) is 4.64. The minimum absolute atomic E-state index is 0.0707. The van der Waals surface area contributed by atoms with Crippen molar-refractivity contribution in [2.24, 2.45) is 0 Å². The van der Waals surface area contributed by atoms with Gasteiger partial charge in [0.05, 0.1) is 17.3 Å². The lowest BCUT2D eigenvalue weighted by molar-refractivity contribution is -0.114. The Morgan fingerprint density at radius 2 is 1.48 bits per heavy atom. The molecule has 0 spiro atoms. The van der Waals surface area contributed by atoms with Crippen LogP contribution in [0.5, 0.6) is 0 Å². The molecular formula is C21H18ClN3O2. The Labute approximate surface area is 162 Å². The summed E-state index contributed by atoms with van der Waals surface area (Å²) in [6.45, 7) is 0.0707. The second-order valence-corrected chi connectivity index (χ2v) is 6.19. The highest BCUT2D eigenvalue weighted by Gasteiger charge is 2.07. The minimum Gasteiger partial charge on any atom is -0.376 e. The van der Waals surface area contributed by atoms with Crippen LogP contribution in [-0.2, 0) is 4.79 Å². The Bertz CT molecular complexity index is 945. The highest BCUT2D eigenvalue weighted by atomic mass is 35.5. The van der Waals surface area contributed by atoms with Crippen LogP contribution in [0.1, 0.15) is 10.4 Å². The van der Waals surface area contributed by atoms with E-state index in [1.807, 2.05) is 24.3 Å². The van der Waals surface area contributed by atoms with Gasteiger partial charge in [0, 0.05) is 16.9 Å². The predicted molar refractivity (Wildman–Crippen MR) is 109 cm³/mol. The minimum atomic E-state index is -0.221. The number of carbonyl (C=O) groups excluding carboxylic acids is 2. The third kappa shape index (κ3) is 5.33. The summed E-state index contributed by atoms with van der Waals surface area (Å²) >= 11 is 6.03. The first-order valence-electron chi connectivity index (χ1n) is 8.36. The molecule has 0 fully saturated rings. The van der Waals surface area contributed by atoms with Crippen LogP contribution in [0.25, 0.3) is 0 Å². The van der Waals surface area contributed by atoms with E-state index in [-0.39, 0.29) is 18.4 Å². The van der Waals surface area contributed by atoms with Crippen molar-refractivity contribution in [3.8, 4) is 0 Å². The zero-order valence-corrected chi connectivity index (χ0v) is 15.2. The molecule has 2 amide bonds. The highest BCUT2D eigenvalue weighted by molar-refractivity contribution is 6.33. The molecule has 0 aliphatic rings. The van der Waals surface area contributed by atoms with Crippen LogP contribution in [0.4, 0.5) is 17.1 Å². The molecule has 3 rings (SSSR count). The summed E-state index contributed by atoms with van der Waals surface area (Å²) in [5, 5.41) is 9.10. The van der Waals surface area contributed by atoms with Crippen LogP contribution in [0.2, 0.25) is 5.02 Å². The molecule has 5 nitrogen and oxygen atoms in total. The van der Waals surface area contributed by atoms with E-state index in [9.17, 15) is 9.59 Å². The van der Waals surface area contributed by atoms with Crippen LogP contribution in [-0.4, -0.2) is 18.4 Å². The van der Waals surface area contributed by atoms with Gasteiger partial charge in [-0.2, -0.15) is 0 Å². The van der Waals surface area contributed by atoms with Crippen LogP contribution in [0.3, 0.4) is 0 Å². The Kier molecular flexibility index (Phi) is 6.07. The summed E-state index contributed by atoms with van der Waals surface area (Å²) in [5.74, 6) is -0.411. The van der Waals surface area contributed by atoms with E-state index in [1.165, 1.54) is 0 Å². The van der Waals surface area contributed by atoms with Crippen LogP contribution >= 0.6 is 11.6 Å². The molecule has 0 aromatic heterocycles. The lowest BCUT2D eigenvalue weighted by atomic mass is 10.2. The lowest BCUT2D eigenvalue weighted by Crippen LogP contribution is -2.22. The van der Waals surface area contributed by atoms with Crippen molar-refractivity contribution >= 4 is 40.5 Å². The summed E-state index contributed by atoms with van der Waals surface area (Å²) in [5.41, 5.74) is 2.50. The maximum Gasteiger partial charge on any atom is 0.255 e. The number of para-hydroxylation sites is 1. The van der Waals surface area contributed by atoms with Crippen molar-refractivity contribution in [1.29, 1.82) is 0 Å². The van der Waals surface area contributed by atoms with Gasteiger partial charge < -0.3 is 16.0 Å². The molecule has 0 atom stereocenters. The quantitative estimate of drug-likeness (QED) is 0.584. The first-order chi connectivity index (χ1) is 13.1. The molecule has 136 valence electrons. The average molecular weight is 380 g/mol. The van der Waals surface area contributed by atoms with Crippen LogP contribution in [0, 0.1) is 0 Å². The molecule has 0 aliphatic heterocycles. The van der Waals surface area contributed by atoms with Crippen LogP contribution < -0.4 is 16.0 Å². The average Bonchev–Trinajstić information content (AvgIpc) is 2.69. The van der Waals surface area contributed by atoms with Gasteiger partial charge in [0.25, 0.3) is 5.91 Å². The van der Waals surface area contributed by atoms with Crippen molar-refractivity contribution in [2.75, 3.05) is 22.5 Å². The van der Waals surface area contributed by atoms with Gasteiger partial charge in [0.2, 0.25) is 5.91 Å². The number of rotatable bonds is 6. The second kappa shape index (κ2) is 8.87. The second-order valence-electron chi connectivity index (χ2n) is 5.78. The topological polar surface area (TPSA) is 70.2 Å². The van der Waals surface area contributed by atoms with Gasteiger partial charge >= 0.3 is 0 Å². The summed E-state index contributed by atoms with van der Waals surface area (Å²) in [7, 11) is 0. The number of hydrogen-bond donors (Lipinski definition) is 3. The van der Waals surface area contributed by atoms with Gasteiger partial charge in [-0.05, 0) is 42.5 Å². The van der Waals surface area contributed by atoms with Gasteiger partial charge in [0.1, 0.15) is 0 Å². The van der Waals surface area contributed by atoms with E-state index in [4.69, 9.17) is 11.6 Å². The molecule has 0 aliphatic carbocycles. The van der Waals surface area contributed by atoms with Crippen molar-refractivity contribution in [3.05, 3.63) is 89.4 Å². The van der Waals surface area contributed by atoms with E-state index in [0.29, 0.717) is 22.0 Å². The third-order valence-corrected chi connectivity index (χ3v) is 4.09. The Morgan fingerprint density at radius 3 is 2.26 bits per heavy atom. The first-order valence-corrected chi connectivity index (χ1v) is 8.74. The van der Waals surface area contributed by atoms with Crippen molar-refractivity contribution in [2.45, 2.75) is 0 Å². The van der Waals surface area contributed by atoms with Gasteiger partial charge in [0.15, 0.2) is 0 Å². The number of anilines is 3.